The van der Waals surface area contributed by atoms with Crippen molar-refractivity contribution in [2.75, 3.05) is 5.33 Å². The molecule has 0 bridgehead atoms. The Bertz CT molecular complexity index is 254. The normalized spacial score (nSPS) is 15.7. The van der Waals surface area contributed by atoms with Crippen molar-refractivity contribution in [2.24, 2.45) is 5.92 Å². The van der Waals surface area contributed by atoms with Gasteiger partial charge < -0.3 is 0 Å². The summed E-state index contributed by atoms with van der Waals surface area (Å²) >= 11 is 5.51. The van der Waals surface area contributed by atoms with Crippen LogP contribution < -0.4 is 0 Å². The van der Waals surface area contributed by atoms with Gasteiger partial charge in [-0.2, -0.15) is 0 Å². The largest absolute Gasteiger partial charge is 0.145 e. The summed E-state index contributed by atoms with van der Waals surface area (Å²) in [4.78, 5) is 3.03. The van der Waals surface area contributed by atoms with Crippen molar-refractivity contribution in [2.45, 2.75) is 33.1 Å². The van der Waals surface area contributed by atoms with Crippen LogP contribution >= 0.6 is 27.3 Å². The van der Waals surface area contributed by atoms with Crippen LogP contribution in [-0.2, 0) is 6.42 Å². The molecule has 1 heterocycles. The van der Waals surface area contributed by atoms with Gasteiger partial charge in [0.25, 0.3) is 0 Å². The first-order chi connectivity index (χ1) is 6.19. The van der Waals surface area contributed by atoms with E-state index >= 15 is 0 Å². The van der Waals surface area contributed by atoms with Gasteiger partial charge in [0.15, 0.2) is 0 Å². The summed E-state index contributed by atoms with van der Waals surface area (Å²) in [5, 5.41) is 1.09. The van der Waals surface area contributed by atoms with Crippen molar-refractivity contribution in [3.05, 3.63) is 21.9 Å². The Morgan fingerprint density at radius 1 is 1.38 bits per heavy atom. The van der Waals surface area contributed by atoms with Crippen LogP contribution in [0.25, 0.3) is 0 Å². The van der Waals surface area contributed by atoms with E-state index in [1.807, 2.05) is 11.3 Å². The molecule has 0 aliphatic rings. The van der Waals surface area contributed by atoms with Crippen molar-refractivity contribution >= 4 is 27.3 Å². The molecule has 0 amide bonds. The quantitative estimate of drug-likeness (QED) is 0.703. The lowest BCUT2D eigenvalue weighted by Crippen LogP contribution is -2.05. The maximum Gasteiger partial charge on any atom is 0.00793 e. The molecule has 13 heavy (non-hydrogen) atoms. The summed E-state index contributed by atoms with van der Waals surface area (Å²) in [5.41, 5.74) is 0. The first kappa shape index (κ1) is 11.3. The van der Waals surface area contributed by atoms with Crippen LogP contribution in [0.5, 0.6) is 0 Å². The lowest BCUT2D eigenvalue weighted by Gasteiger charge is -2.15. The minimum Gasteiger partial charge on any atom is -0.145 e. The highest BCUT2D eigenvalue weighted by atomic mass is 79.9. The Balaban J connectivity index is 2.70. The molecule has 0 spiro atoms. The highest BCUT2D eigenvalue weighted by molar-refractivity contribution is 9.09. The van der Waals surface area contributed by atoms with Gasteiger partial charge in [-0.25, -0.2) is 0 Å². The van der Waals surface area contributed by atoms with Crippen LogP contribution in [0.2, 0.25) is 0 Å². The summed E-state index contributed by atoms with van der Waals surface area (Å²) in [6, 6.07) is 4.55. The number of alkyl halides is 1. The third-order valence-electron chi connectivity index (χ3n) is 2.58. The Morgan fingerprint density at radius 2 is 2.08 bits per heavy atom. The molecule has 1 aromatic heterocycles. The topological polar surface area (TPSA) is 0 Å². The predicted molar refractivity (Wildman–Crippen MR) is 65.1 cm³/mol. The van der Waals surface area contributed by atoms with Gasteiger partial charge in [0, 0.05) is 15.1 Å². The monoisotopic (exact) mass is 260 g/mol. The van der Waals surface area contributed by atoms with Gasteiger partial charge in [-0.3, -0.25) is 0 Å². The molecular formula is C11H17BrS. The van der Waals surface area contributed by atoms with E-state index in [2.05, 4.69) is 48.8 Å². The molecule has 1 aromatic rings. The van der Waals surface area contributed by atoms with Crippen molar-refractivity contribution in [1.29, 1.82) is 0 Å². The fourth-order valence-corrected chi connectivity index (χ4v) is 2.94. The molecule has 0 saturated heterocycles. The molecule has 1 rings (SSSR count). The number of thiophene rings is 1. The molecule has 0 saturated carbocycles. The molecule has 74 valence electrons. The van der Waals surface area contributed by atoms with Crippen molar-refractivity contribution in [1.82, 2.24) is 0 Å². The molecule has 2 unspecified atom stereocenters. The average molecular weight is 261 g/mol. The Kier molecular flexibility index (Phi) is 4.47. The Labute approximate surface area is 93.5 Å². The summed E-state index contributed by atoms with van der Waals surface area (Å²) in [5.74, 6) is 1.41. The fourth-order valence-electron chi connectivity index (χ4n) is 1.24. The molecule has 2 atom stereocenters. The summed E-state index contributed by atoms with van der Waals surface area (Å²) in [6.07, 6.45) is 1.17. The molecule has 0 aromatic carbocycles. The molecule has 0 fully saturated rings. The third kappa shape index (κ3) is 2.81. The lowest BCUT2D eigenvalue weighted by molar-refractivity contribution is 0.555. The van der Waals surface area contributed by atoms with Gasteiger partial charge in [-0.05, 0) is 30.4 Å². The smallest absolute Gasteiger partial charge is 0.00793 e. The van der Waals surface area contributed by atoms with E-state index < -0.39 is 0 Å². The first-order valence-corrected chi connectivity index (χ1v) is 6.77. The van der Waals surface area contributed by atoms with E-state index in [1.165, 1.54) is 16.2 Å². The van der Waals surface area contributed by atoms with Gasteiger partial charge in [-0.1, -0.05) is 36.7 Å². The second-order valence-electron chi connectivity index (χ2n) is 3.58. The van der Waals surface area contributed by atoms with Crippen molar-refractivity contribution < 1.29 is 0 Å². The standard InChI is InChI=1S/C11H17BrS/c1-4-10-5-6-11(13-10)9(3)8(2)7-12/h5-6,8-9H,4,7H2,1-3H3. The maximum atomic E-state index is 3.54. The Hall–Kier alpha value is 0.180. The minimum absolute atomic E-state index is 0.685. The third-order valence-corrected chi connectivity index (χ3v) is 5.03. The van der Waals surface area contributed by atoms with Crippen LogP contribution in [0.4, 0.5) is 0 Å². The van der Waals surface area contributed by atoms with Gasteiger partial charge in [0.05, 0.1) is 0 Å². The molecule has 2 heteroatoms. The second kappa shape index (κ2) is 5.16. The number of hydrogen-bond donors (Lipinski definition) is 0. The fraction of sp³-hybridized carbons (Fsp3) is 0.636. The van der Waals surface area contributed by atoms with Crippen LogP contribution in [-0.4, -0.2) is 5.33 Å². The molecule has 0 N–H and O–H groups in total. The maximum absolute atomic E-state index is 3.54. The lowest BCUT2D eigenvalue weighted by atomic mass is 9.97. The van der Waals surface area contributed by atoms with Crippen LogP contribution in [0.1, 0.15) is 36.4 Å². The van der Waals surface area contributed by atoms with E-state index in [0.29, 0.717) is 5.92 Å². The van der Waals surface area contributed by atoms with E-state index in [-0.39, 0.29) is 0 Å². The zero-order valence-corrected chi connectivity index (χ0v) is 10.9. The Morgan fingerprint density at radius 3 is 2.54 bits per heavy atom. The number of aryl methyl sites for hydroxylation is 1. The number of rotatable bonds is 4. The summed E-state index contributed by atoms with van der Waals surface area (Å²) in [7, 11) is 0. The minimum atomic E-state index is 0.685. The van der Waals surface area contributed by atoms with Gasteiger partial charge in [0.2, 0.25) is 0 Å². The number of hydrogen-bond acceptors (Lipinski definition) is 1. The van der Waals surface area contributed by atoms with Crippen LogP contribution in [0.3, 0.4) is 0 Å². The highest BCUT2D eigenvalue weighted by Crippen LogP contribution is 2.31. The molecule has 0 radical (unpaired) electrons. The van der Waals surface area contributed by atoms with Crippen molar-refractivity contribution in [3.8, 4) is 0 Å². The van der Waals surface area contributed by atoms with E-state index in [0.717, 1.165) is 11.2 Å². The van der Waals surface area contributed by atoms with E-state index in [4.69, 9.17) is 0 Å². The molecule has 0 aliphatic heterocycles. The number of halogens is 1. The van der Waals surface area contributed by atoms with E-state index in [1.54, 1.807) is 0 Å². The van der Waals surface area contributed by atoms with Gasteiger partial charge in [0.1, 0.15) is 0 Å². The summed E-state index contributed by atoms with van der Waals surface area (Å²) < 4.78 is 0. The van der Waals surface area contributed by atoms with Crippen LogP contribution in [0.15, 0.2) is 12.1 Å². The van der Waals surface area contributed by atoms with Crippen LogP contribution in [0, 0.1) is 5.92 Å². The predicted octanol–water partition coefficient (Wildman–Crippen LogP) is 4.45. The molecule has 0 aliphatic carbocycles. The zero-order valence-electron chi connectivity index (χ0n) is 8.51. The first-order valence-electron chi connectivity index (χ1n) is 4.83. The SMILES string of the molecule is CCc1ccc(C(C)C(C)CBr)s1. The van der Waals surface area contributed by atoms with Gasteiger partial charge >= 0.3 is 0 Å². The van der Waals surface area contributed by atoms with Gasteiger partial charge in [-0.15, -0.1) is 11.3 Å². The van der Waals surface area contributed by atoms with Crippen molar-refractivity contribution in [3.63, 3.8) is 0 Å². The zero-order chi connectivity index (χ0) is 9.84. The molecular weight excluding hydrogens is 244 g/mol. The summed E-state index contributed by atoms with van der Waals surface area (Å²) in [6.45, 7) is 6.83. The second-order valence-corrected chi connectivity index (χ2v) is 5.43. The average Bonchev–Trinajstić information content (AvgIpc) is 2.63. The van der Waals surface area contributed by atoms with E-state index in [9.17, 15) is 0 Å². The highest BCUT2D eigenvalue weighted by Gasteiger charge is 2.14. The molecule has 0 nitrogen and oxygen atoms in total.